The largest absolute Gasteiger partial charge is 0.477 e. The number of hydrogen-bond acceptors (Lipinski definition) is 13. The zero-order valence-corrected chi connectivity index (χ0v) is 22.2. The van der Waals surface area contributed by atoms with Crippen molar-refractivity contribution in [1.82, 2.24) is 40.6 Å². The third-order valence-electron chi connectivity index (χ3n) is 5.09. The van der Waals surface area contributed by atoms with Crippen molar-refractivity contribution < 1.29 is 24.2 Å². The van der Waals surface area contributed by atoms with Crippen LogP contribution in [-0.4, -0.2) is 93.7 Å². The molecular weight excluding hydrogens is 537 g/mol. The zero-order valence-electron chi connectivity index (χ0n) is 19.0. The van der Waals surface area contributed by atoms with Gasteiger partial charge >= 0.3 is 5.97 Å². The summed E-state index contributed by atoms with van der Waals surface area (Å²) in [4.78, 5) is 40.5. The summed E-state index contributed by atoms with van der Waals surface area (Å²) in [7, 11) is 1.32. The molecule has 2 aliphatic rings. The number of nitrogens with zero attached hydrogens (tertiary/aromatic N) is 7. The average molecular weight is 559 g/mol. The second-order valence-corrected chi connectivity index (χ2v) is 11.8. The van der Waals surface area contributed by atoms with Gasteiger partial charge in [0.25, 0.3) is 11.6 Å². The molecule has 2 aliphatic heterocycles. The lowest BCUT2D eigenvalue weighted by Crippen LogP contribution is -2.80. The Morgan fingerprint density at radius 1 is 1.34 bits per heavy atom. The molecule has 17 heteroatoms. The predicted molar refractivity (Wildman–Crippen MR) is 131 cm³/mol. The normalized spacial score (nSPS) is 21.6. The third kappa shape index (κ3) is 5.18. The summed E-state index contributed by atoms with van der Waals surface area (Å²) < 4.78 is 6.20. The topological polar surface area (TPSA) is 165 Å². The van der Waals surface area contributed by atoms with E-state index in [2.05, 4.69) is 30.9 Å². The summed E-state index contributed by atoms with van der Waals surface area (Å²) >= 11 is 5.39. The van der Waals surface area contributed by atoms with Crippen molar-refractivity contribution in [3.8, 4) is 0 Å². The third-order valence-corrected chi connectivity index (χ3v) is 9.40. The van der Waals surface area contributed by atoms with Crippen molar-refractivity contribution in [3.63, 3.8) is 0 Å². The Labute approximate surface area is 216 Å². The molecule has 0 aromatic carbocycles. The van der Waals surface area contributed by atoms with Gasteiger partial charge in [0.05, 0.1) is 5.75 Å². The highest BCUT2D eigenvalue weighted by Crippen LogP contribution is 2.47. The summed E-state index contributed by atoms with van der Waals surface area (Å²) in [5, 5.41) is 32.6. The summed E-state index contributed by atoms with van der Waals surface area (Å²) in [6.07, 6.45) is 0.661. The first-order chi connectivity index (χ1) is 16.8. The van der Waals surface area contributed by atoms with Crippen molar-refractivity contribution in [2.45, 2.75) is 41.6 Å². The van der Waals surface area contributed by atoms with Gasteiger partial charge in [-0.1, -0.05) is 30.0 Å². The molecule has 188 valence electrons. The molecule has 2 amide bonds. The van der Waals surface area contributed by atoms with Crippen molar-refractivity contribution in [2.75, 3.05) is 24.4 Å². The Morgan fingerprint density at radius 2 is 2.14 bits per heavy atom. The predicted octanol–water partition coefficient (Wildman–Crippen LogP) is 0.591. The van der Waals surface area contributed by atoms with E-state index >= 15 is 0 Å². The van der Waals surface area contributed by atoms with Gasteiger partial charge in [-0.15, -0.1) is 43.9 Å². The van der Waals surface area contributed by atoms with Gasteiger partial charge in [0.2, 0.25) is 5.91 Å². The number of aliphatic carboxylic acids is 1. The molecule has 2 aromatic heterocycles. The minimum atomic E-state index is -1.63. The van der Waals surface area contributed by atoms with E-state index in [1.807, 2.05) is 13.8 Å². The van der Waals surface area contributed by atoms with E-state index in [1.54, 1.807) is 0 Å². The lowest BCUT2D eigenvalue weighted by molar-refractivity contribution is -0.192. The minimum absolute atomic E-state index is 0.0313. The van der Waals surface area contributed by atoms with E-state index in [4.69, 9.17) is 4.74 Å². The zero-order chi connectivity index (χ0) is 25.2. The quantitative estimate of drug-likeness (QED) is 0.224. The molecule has 0 spiro atoms. The van der Waals surface area contributed by atoms with E-state index < -0.39 is 28.9 Å². The molecule has 2 N–H and O–H groups in total. The number of nitrogens with one attached hydrogen (secondary N) is 1. The summed E-state index contributed by atoms with van der Waals surface area (Å²) in [6, 6.07) is 0. The van der Waals surface area contributed by atoms with Gasteiger partial charge in [0.15, 0.2) is 10.2 Å². The number of carbonyl (C=O) groups excluding carboxylic acids is 2. The minimum Gasteiger partial charge on any atom is -0.477 e. The second-order valence-electron chi connectivity index (χ2n) is 7.37. The van der Waals surface area contributed by atoms with Crippen LogP contribution >= 0.6 is 46.6 Å². The molecule has 2 unspecified atom stereocenters. The van der Waals surface area contributed by atoms with Crippen LogP contribution in [0.2, 0.25) is 0 Å². The maximum Gasteiger partial charge on any atom is 0.352 e. The Kier molecular flexibility index (Phi) is 7.99. The molecular formula is C18H22N8O5S4. The van der Waals surface area contributed by atoms with Gasteiger partial charge < -0.3 is 15.2 Å². The highest BCUT2D eigenvalue weighted by molar-refractivity contribution is 8.02. The van der Waals surface area contributed by atoms with Crippen LogP contribution in [0.25, 0.3) is 0 Å². The number of hydrogen-bond donors (Lipinski definition) is 2. The van der Waals surface area contributed by atoms with Crippen LogP contribution in [0.4, 0.5) is 0 Å². The van der Waals surface area contributed by atoms with Gasteiger partial charge in [0, 0.05) is 25.0 Å². The number of methoxy groups -OCH3 is 1. The number of fused-ring (bicyclic) bond motifs is 1. The molecule has 0 radical (unpaired) electrons. The Balaban J connectivity index is 1.40. The number of tetrazole rings is 1. The van der Waals surface area contributed by atoms with Gasteiger partial charge in [-0.3, -0.25) is 14.5 Å². The van der Waals surface area contributed by atoms with Crippen LogP contribution in [0.1, 0.15) is 17.8 Å². The van der Waals surface area contributed by atoms with Crippen molar-refractivity contribution >= 4 is 64.4 Å². The fraction of sp³-hybridized carbons (Fsp3) is 0.556. The van der Waals surface area contributed by atoms with Crippen molar-refractivity contribution in [3.05, 3.63) is 22.1 Å². The number of carboxylic acids is 1. The average Bonchev–Trinajstić information content (AvgIpc) is 3.48. The monoisotopic (exact) mass is 558 g/mol. The number of ether oxygens (including phenoxy) is 1. The van der Waals surface area contributed by atoms with Crippen LogP contribution in [0.15, 0.2) is 15.6 Å². The first-order valence-electron chi connectivity index (χ1n) is 10.3. The molecule has 13 nitrogen and oxygen atoms in total. The highest BCUT2D eigenvalue weighted by Gasteiger charge is 2.66. The van der Waals surface area contributed by atoms with Gasteiger partial charge in [-0.05, 0) is 17.7 Å². The Hall–Kier alpha value is -2.21. The highest BCUT2D eigenvalue weighted by atomic mass is 32.2. The van der Waals surface area contributed by atoms with E-state index in [0.717, 1.165) is 9.35 Å². The molecule has 4 rings (SSSR count). The standard InChI is InChI=1S/C18H22N8O5S4/c1-4-11-21-24-25(23-11)8-32-7-12(27)19-18(31-3)15(30)26-13(14(28)29)10(5-33-16(18)26)6-34-17-22-20-9(2)35-17/h16H,4-8H2,1-3H3,(H,19,27)(H,28,29). The molecule has 4 heterocycles. The summed E-state index contributed by atoms with van der Waals surface area (Å²) in [5.41, 5.74) is -1.10. The molecule has 2 atom stereocenters. The second kappa shape index (κ2) is 10.8. The van der Waals surface area contributed by atoms with Gasteiger partial charge in [0.1, 0.15) is 22.0 Å². The molecule has 0 bridgehead atoms. The molecule has 0 aliphatic carbocycles. The number of carboxylic acid groups (broad SMARTS) is 1. The maximum atomic E-state index is 13.2. The molecule has 35 heavy (non-hydrogen) atoms. The number of aryl methyl sites for hydroxylation is 2. The number of carbonyl (C=O) groups is 3. The number of β-lactam (4-membered cyclic amide) rings is 1. The van der Waals surface area contributed by atoms with E-state index in [-0.39, 0.29) is 11.4 Å². The number of aromatic nitrogens is 6. The van der Waals surface area contributed by atoms with Crippen LogP contribution < -0.4 is 5.32 Å². The van der Waals surface area contributed by atoms with Gasteiger partial charge in [-0.2, -0.15) is 4.80 Å². The Bertz CT molecular complexity index is 1170. The SMILES string of the molecule is CCc1nnn(CSCC(=O)NC2(OC)C(=O)N3C(C(=O)O)=C(CSc4nnc(C)s4)CSC32)n1. The number of thioether (sulfide) groups is 3. The fourth-order valence-electron chi connectivity index (χ4n) is 3.48. The lowest BCUT2D eigenvalue weighted by atomic mass is 9.98. The summed E-state index contributed by atoms with van der Waals surface area (Å²) in [6.45, 7) is 3.76. The molecule has 0 saturated carbocycles. The van der Waals surface area contributed by atoms with E-state index in [9.17, 15) is 19.5 Å². The number of amides is 2. The van der Waals surface area contributed by atoms with Crippen LogP contribution in [0.3, 0.4) is 0 Å². The molecule has 1 saturated heterocycles. The van der Waals surface area contributed by atoms with Crippen LogP contribution in [0.5, 0.6) is 0 Å². The molecule has 2 aromatic rings. The van der Waals surface area contributed by atoms with Crippen LogP contribution in [-0.2, 0) is 31.4 Å². The number of rotatable bonds is 11. The lowest BCUT2D eigenvalue weighted by Gasteiger charge is -2.55. The molecule has 1 fully saturated rings. The maximum absolute atomic E-state index is 13.2. The van der Waals surface area contributed by atoms with E-state index in [0.29, 0.717) is 35.2 Å². The van der Waals surface area contributed by atoms with Crippen LogP contribution in [0, 0.1) is 6.92 Å². The van der Waals surface area contributed by atoms with Crippen molar-refractivity contribution in [1.29, 1.82) is 0 Å². The van der Waals surface area contributed by atoms with E-state index in [1.165, 1.54) is 63.4 Å². The van der Waals surface area contributed by atoms with Crippen molar-refractivity contribution in [2.24, 2.45) is 0 Å². The smallest absolute Gasteiger partial charge is 0.352 e. The first kappa shape index (κ1) is 25.9. The summed E-state index contributed by atoms with van der Waals surface area (Å²) in [5.74, 6) is -0.550. The van der Waals surface area contributed by atoms with Gasteiger partial charge in [-0.25, -0.2) is 4.79 Å². The fourth-order valence-corrected chi connectivity index (χ4v) is 7.49. The Morgan fingerprint density at radius 3 is 2.77 bits per heavy atom. The first-order valence-corrected chi connectivity index (χ1v) is 14.3.